The molecular weight excluding hydrogens is 356 g/mol. The van der Waals surface area contributed by atoms with E-state index in [1.54, 1.807) is 37.4 Å². The summed E-state index contributed by atoms with van der Waals surface area (Å²) in [5.74, 6) is 0. The van der Waals surface area contributed by atoms with Crippen LogP contribution in [0, 0.1) is 6.92 Å². The van der Waals surface area contributed by atoms with Crippen LogP contribution in [0.5, 0.6) is 0 Å². The Kier molecular flexibility index (Phi) is 3.42. The topological polar surface area (TPSA) is 87.7 Å². The zero-order valence-corrected chi connectivity index (χ0v) is 13.4. The minimum atomic E-state index is -3.71. The van der Waals surface area contributed by atoms with Crippen LogP contribution in [0.1, 0.15) is 5.69 Å². The van der Waals surface area contributed by atoms with Crippen molar-refractivity contribution in [2.75, 3.05) is 4.72 Å². The number of rotatable bonds is 3. The third kappa shape index (κ3) is 2.64. The molecule has 0 spiro atoms. The summed E-state index contributed by atoms with van der Waals surface area (Å²) < 4.78 is 28.2. The maximum Gasteiger partial charge on any atom is 0.264 e. The van der Waals surface area contributed by atoms with Crippen LogP contribution in [0.3, 0.4) is 0 Å². The van der Waals surface area contributed by atoms with E-state index in [0.29, 0.717) is 27.0 Å². The van der Waals surface area contributed by atoms with Crippen molar-refractivity contribution in [2.24, 2.45) is 0 Å². The first-order chi connectivity index (χ1) is 9.97. The molecule has 3 heterocycles. The number of hydrogen-bond donors (Lipinski definition) is 2. The Bertz CT molecular complexity index is 921. The second-order valence-electron chi connectivity index (χ2n) is 4.42. The molecule has 0 atom stereocenters. The van der Waals surface area contributed by atoms with Gasteiger partial charge in [0, 0.05) is 17.8 Å². The second-order valence-corrected chi connectivity index (χ2v) is 6.89. The highest BCUT2D eigenvalue weighted by Crippen LogP contribution is 2.25. The Morgan fingerprint density at radius 3 is 2.86 bits per heavy atom. The van der Waals surface area contributed by atoms with E-state index in [0.717, 1.165) is 0 Å². The molecule has 0 aromatic carbocycles. The van der Waals surface area contributed by atoms with E-state index in [4.69, 9.17) is 0 Å². The average molecular weight is 367 g/mol. The highest BCUT2D eigenvalue weighted by Gasteiger charge is 2.20. The predicted molar refractivity (Wildman–Crippen MR) is 83.6 cm³/mol. The van der Waals surface area contributed by atoms with Crippen LogP contribution in [0.25, 0.3) is 11.0 Å². The van der Waals surface area contributed by atoms with Crippen molar-refractivity contribution >= 4 is 42.7 Å². The maximum atomic E-state index is 12.5. The number of aromatic nitrogens is 3. The van der Waals surface area contributed by atoms with Crippen molar-refractivity contribution in [3.8, 4) is 0 Å². The second kappa shape index (κ2) is 5.12. The van der Waals surface area contributed by atoms with Gasteiger partial charge in [-0.1, -0.05) is 0 Å². The number of nitrogens with zero attached hydrogens (tertiary/aromatic N) is 2. The van der Waals surface area contributed by atoms with Crippen LogP contribution >= 0.6 is 15.9 Å². The van der Waals surface area contributed by atoms with Gasteiger partial charge in [0.05, 0.1) is 11.4 Å². The molecule has 0 bridgehead atoms. The van der Waals surface area contributed by atoms with Crippen LogP contribution in [0.15, 0.2) is 46.2 Å². The van der Waals surface area contributed by atoms with Gasteiger partial charge in [-0.3, -0.25) is 4.72 Å². The molecule has 0 fully saturated rings. The molecule has 0 amide bonds. The SMILES string of the molecule is Cc1nc(Br)ccc1NS(=O)(=O)c1c[nH]c2ncccc12. The number of H-pyrrole nitrogens is 1. The number of aryl methyl sites for hydroxylation is 1. The van der Waals surface area contributed by atoms with Crippen LogP contribution in [-0.4, -0.2) is 23.4 Å². The zero-order chi connectivity index (χ0) is 15.0. The number of hydrogen-bond acceptors (Lipinski definition) is 4. The van der Waals surface area contributed by atoms with Crippen LogP contribution in [0.2, 0.25) is 0 Å². The molecule has 0 unspecified atom stereocenters. The smallest absolute Gasteiger partial charge is 0.264 e. The van der Waals surface area contributed by atoms with Crippen LogP contribution in [0.4, 0.5) is 5.69 Å². The van der Waals surface area contributed by atoms with Crippen molar-refractivity contribution in [1.82, 2.24) is 15.0 Å². The number of fused-ring (bicyclic) bond motifs is 1. The summed E-state index contributed by atoms with van der Waals surface area (Å²) >= 11 is 3.25. The Hall–Kier alpha value is -1.93. The summed E-state index contributed by atoms with van der Waals surface area (Å²) in [6, 6.07) is 6.75. The van der Waals surface area contributed by atoms with Gasteiger partial charge in [-0.15, -0.1) is 0 Å². The first-order valence-corrected chi connectivity index (χ1v) is 8.33. The largest absolute Gasteiger partial charge is 0.345 e. The lowest BCUT2D eigenvalue weighted by molar-refractivity contribution is 0.602. The van der Waals surface area contributed by atoms with Gasteiger partial charge in [-0.2, -0.15) is 0 Å². The van der Waals surface area contributed by atoms with Crippen molar-refractivity contribution in [3.05, 3.63) is 47.0 Å². The van der Waals surface area contributed by atoms with Crippen LogP contribution in [-0.2, 0) is 10.0 Å². The van der Waals surface area contributed by atoms with E-state index < -0.39 is 10.0 Å². The van der Waals surface area contributed by atoms with Crippen molar-refractivity contribution in [1.29, 1.82) is 0 Å². The minimum absolute atomic E-state index is 0.160. The van der Waals surface area contributed by atoms with Crippen molar-refractivity contribution in [2.45, 2.75) is 11.8 Å². The summed E-state index contributed by atoms with van der Waals surface area (Å²) in [6.45, 7) is 1.74. The van der Waals surface area contributed by atoms with E-state index in [2.05, 4.69) is 35.6 Å². The van der Waals surface area contributed by atoms with Crippen molar-refractivity contribution in [3.63, 3.8) is 0 Å². The Balaban J connectivity index is 2.04. The Labute approximate surface area is 129 Å². The van der Waals surface area contributed by atoms with E-state index in [1.807, 2.05) is 0 Å². The molecule has 0 aliphatic heterocycles. The average Bonchev–Trinajstić information content (AvgIpc) is 2.86. The molecule has 21 heavy (non-hydrogen) atoms. The van der Waals surface area contributed by atoms with Gasteiger partial charge in [-0.05, 0) is 47.1 Å². The lowest BCUT2D eigenvalue weighted by Crippen LogP contribution is -2.13. The summed E-state index contributed by atoms with van der Waals surface area (Å²) in [5.41, 5.74) is 1.56. The number of sulfonamides is 1. The van der Waals surface area contributed by atoms with Gasteiger partial charge < -0.3 is 4.98 Å². The molecule has 0 aliphatic rings. The summed E-state index contributed by atoms with van der Waals surface area (Å²) in [5, 5.41) is 0.549. The molecule has 8 heteroatoms. The van der Waals surface area contributed by atoms with Gasteiger partial charge in [0.2, 0.25) is 0 Å². The highest BCUT2D eigenvalue weighted by atomic mass is 79.9. The predicted octanol–water partition coefficient (Wildman–Crippen LogP) is 2.83. The fourth-order valence-corrected chi connectivity index (χ4v) is 3.67. The molecule has 0 saturated carbocycles. The lowest BCUT2D eigenvalue weighted by atomic mass is 10.3. The summed E-state index contributed by atoms with van der Waals surface area (Å²) in [4.78, 5) is 11.3. The van der Waals surface area contributed by atoms with Crippen LogP contribution < -0.4 is 4.72 Å². The van der Waals surface area contributed by atoms with Gasteiger partial charge in [0.1, 0.15) is 15.1 Å². The van der Waals surface area contributed by atoms with Gasteiger partial charge in [-0.25, -0.2) is 18.4 Å². The minimum Gasteiger partial charge on any atom is -0.345 e. The third-order valence-corrected chi connectivity index (χ3v) is 4.85. The molecule has 108 valence electrons. The maximum absolute atomic E-state index is 12.5. The molecular formula is C13H11BrN4O2S. The van der Waals surface area contributed by atoms with E-state index in [1.165, 1.54) is 6.20 Å². The molecule has 3 rings (SSSR count). The molecule has 6 nitrogen and oxygen atoms in total. The molecule has 3 aromatic rings. The number of pyridine rings is 2. The van der Waals surface area contributed by atoms with E-state index in [-0.39, 0.29) is 4.90 Å². The Morgan fingerprint density at radius 2 is 2.10 bits per heavy atom. The lowest BCUT2D eigenvalue weighted by Gasteiger charge is -2.09. The molecule has 3 aromatic heterocycles. The van der Waals surface area contributed by atoms with Gasteiger partial charge >= 0.3 is 0 Å². The van der Waals surface area contributed by atoms with E-state index >= 15 is 0 Å². The summed E-state index contributed by atoms with van der Waals surface area (Å²) in [7, 11) is -3.71. The molecule has 0 aliphatic carbocycles. The highest BCUT2D eigenvalue weighted by molar-refractivity contribution is 9.10. The third-order valence-electron chi connectivity index (χ3n) is 3.00. The monoisotopic (exact) mass is 366 g/mol. The van der Waals surface area contributed by atoms with E-state index in [9.17, 15) is 8.42 Å². The zero-order valence-electron chi connectivity index (χ0n) is 11.0. The summed E-state index contributed by atoms with van der Waals surface area (Å²) in [6.07, 6.45) is 3.03. The standard InChI is InChI=1S/C13H11BrN4O2S/c1-8-10(4-5-12(14)17-8)18-21(19,20)11-7-16-13-9(11)3-2-6-15-13/h2-7,18H,1H3,(H,15,16). The van der Waals surface area contributed by atoms with Gasteiger partial charge in [0.15, 0.2) is 0 Å². The molecule has 0 radical (unpaired) electrons. The fraction of sp³-hybridized carbons (Fsp3) is 0.0769. The molecule has 0 saturated heterocycles. The quantitative estimate of drug-likeness (QED) is 0.697. The normalized spacial score (nSPS) is 11.7. The number of aromatic amines is 1. The fourth-order valence-electron chi connectivity index (χ4n) is 1.99. The number of halogens is 1. The number of nitrogens with one attached hydrogen (secondary N) is 2. The first-order valence-electron chi connectivity index (χ1n) is 6.05. The Morgan fingerprint density at radius 1 is 1.29 bits per heavy atom. The number of anilines is 1. The molecule has 2 N–H and O–H groups in total. The first kappa shape index (κ1) is 14.0. The van der Waals surface area contributed by atoms with Crippen molar-refractivity contribution < 1.29 is 8.42 Å². The van der Waals surface area contributed by atoms with Gasteiger partial charge in [0.25, 0.3) is 10.0 Å².